The molecule has 2 aromatic rings. The molecule has 0 heterocycles. The number of hydrogen-bond donors (Lipinski definition) is 1. The molecule has 2 aromatic carbocycles. The summed E-state index contributed by atoms with van der Waals surface area (Å²) in [6.07, 6.45) is -3.67. The first kappa shape index (κ1) is 30.9. The predicted octanol–water partition coefficient (Wildman–Crippen LogP) is 4.06. The Bertz CT molecular complexity index is 1200. The van der Waals surface area contributed by atoms with Gasteiger partial charge in [-0.05, 0) is 48.2 Å². The van der Waals surface area contributed by atoms with Gasteiger partial charge in [0.25, 0.3) is 0 Å². The van der Waals surface area contributed by atoms with E-state index in [9.17, 15) is 31.2 Å². The van der Waals surface area contributed by atoms with Crippen molar-refractivity contribution >= 4 is 27.5 Å². The van der Waals surface area contributed by atoms with E-state index >= 15 is 0 Å². The van der Waals surface area contributed by atoms with Crippen LogP contribution >= 0.6 is 0 Å². The minimum atomic E-state index is -4.70. The standard InChI is InChI=1S/C26H34F3N3O5S/c1-6-23(25(34)30-15-18(2)3)31(16-19-10-12-22(37-4)13-11-19)24(33)17-32(38(5,35)36)21-9-7-8-20(14-21)26(27,28)29/h7-14,18,23H,6,15-17H2,1-5H3,(H,30,34). The second-order valence-corrected chi connectivity index (χ2v) is 11.2. The monoisotopic (exact) mass is 557 g/mol. The molecule has 0 spiro atoms. The van der Waals surface area contributed by atoms with Crippen LogP contribution in [0.1, 0.15) is 38.3 Å². The van der Waals surface area contributed by atoms with Crippen LogP contribution in [0, 0.1) is 5.92 Å². The number of carbonyl (C=O) groups excluding carboxylic acids is 2. The molecule has 8 nitrogen and oxygen atoms in total. The molecule has 2 rings (SSSR count). The van der Waals surface area contributed by atoms with Crippen molar-refractivity contribution in [3.05, 3.63) is 59.7 Å². The van der Waals surface area contributed by atoms with Gasteiger partial charge in [-0.2, -0.15) is 13.2 Å². The normalized spacial score (nSPS) is 12.7. The molecule has 12 heteroatoms. The molecular weight excluding hydrogens is 523 g/mol. The fourth-order valence-electron chi connectivity index (χ4n) is 3.72. The summed E-state index contributed by atoms with van der Waals surface area (Å²) in [5.41, 5.74) is -0.706. The SMILES string of the molecule is CCC(C(=O)NCC(C)C)N(Cc1ccc(OC)cc1)C(=O)CN(c1cccc(C(F)(F)F)c1)S(C)(=O)=O. The highest BCUT2D eigenvalue weighted by Crippen LogP contribution is 2.32. The summed E-state index contributed by atoms with van der Waals surface area (Å²) in [7, 11) is -2.66. The van der Waals surface area contributed by atoms with E-state index in [-0.39, 0.29) is 24.6 Å². The van der Waals surface area contributed by atoms with Crippen LogP contribution < -0.4 is 14.4 Å². The lowest BCUT2D eigenvalue weighted by atomic mass is 10.1. The minimum absolute atomic E-state index is 0.0311. The van der Waals surface area contributed by atoms with Gasteiger partial charge in [0.15, 0.2) is 0 Å². The Morgan fingerprint density at radius 1 is 1.08 bits per heavy atom. The molecule has 0 aliphatic rings. The summed E-state index contributed by atoms with van der Waals surface area (Å²) in [5.74, 6) is -0.409. The lowest BCUT2D eigenvalue weighted by Crippen LogP contribution is -2.52. The van der Waals surface area contributed by atoms with Gasteiger partial charge in [-0.25, -0.2) is 8.42 Å². The van der Waals surface area contributed by atoms with Gasteiger partial charge in [0, 0.05) is 13.1 Å². The van der Waals surface area contributed by atoms with Crippen molar-refractivity contribution in [2.75, 3.05) is 30.8 Å². The zero-order valence-electron chi connectivity index (χ0n) is 22.1. The van der Waals surface area contributed by atoms with Gasteiger partial charge in [0.05, 0.1) is 24.6 Å². The third-order valence-electron chi connectivity index (χ3n) is 5.72. The summed E-state index contributed by atoms with van der Waals surface area (Å²) in [6.45, 7) is 5.11. The van der Waals surface area contributed by atoms with Crippen LogP contribution in [0.25, 0.3) is 0 Å². The molecule has 1 atom stereocenters. The van der Waals surface area contributed by atoms with E-state index in [0.717, 1.165) is 18.4 Å². The van der Waals surface area contributed by atoms with E-state index in [1.165, 1.54) is 18.1 Å². The largest absolute Gasteiger partial charge is 0.497 e. The number of carbonyl (C=O) groups is 2. The smallest absolute Gasteiger partial charge is 0.416 e. The maximum absolute atomic E-state index is 13.6. The molecular formula is C26H34F3N3O5S. The van der Waals surface area contributed by atoms with Gasteiger partial charge in [-0.3, -0.25) is 13.9 Å². The van der Waals surface area contributed by atoms with Crippen LogP contribution in [-0.4, -0.2) is 57.6 Å². The number of rotatable bonds is 12. The molecule has 0 aliphatic heterocycles. The number of alkyl halides is 3. The van der Waals surface area contributed by atoms with Gasteiger partial charge < -0.3 is 15.0 Å². The van der Waals surface area contributed by atoms with Crippen molar-refractivity contribution in [1.82, 2.24) is 10.2 Å². The number of sulfonamides is 1. The Labute approximate surface area is 221 Å². The van der Waals surface area contributed by atoms with E-state index in [2.05, 4.69) is 5.32 Å². The topological polar surface area (TPSA) is 96.0 Å². The molecule has 0 saturated carbocycles. The molecule has 38 heavy (non-hydrogen) atoms. The van der Waals surface area contributed by atoms with Crippen LogP contribution in [0.3, 0.4) is 0 Å². The van der Waals surface area contributed by atoms with E-state index in [4.69, 9.17) is 4.74 Å². The number of hydrogen-bond acceptors (Lipinski definition) is 5. The number of amides is 2. The summed E-state index contributed by atoms with van der Waals surface area (Å²) >= 11 is 0. The first-order valence-electron chi connectivity index (χ1n) is 12.0. The number of nitrogens with one attached hydrogen (secondary N) is 1. The van der Waals surface area contributed by atoms with Gasteiger partial charge >= 0.3 is 6.18 Å². The molecule has 1 unspecified atom stereocenters. The fraction of sp³-hybridized carbons (Fsp3) is 0.462. The number of benzene rings is 2. The van der Waals surface area contributed by atoms with E-state index in [1.807, 2.05) is 13.8 Å². The number of halogens is 3. The van der Waals surface area contributed by atoms with Crippen LogP contribution in [0.2, 0.25) is 0 Å². The first-order chi connectivity index (χ1) is 17.7. The molecule has 0 bridgehead atoms. The van der Waals surface area contributed by atoms with Crippen molar-refractivity contribution in [2.45, 2.75) is 46.0 Å². The lowest BCUT2D eigenvalue weighted by molar-refractivity contribution is -0.140. The van der Waals surface area contributed by atoms with Crippen LogP contribution in [0.15, 0.2) is 48.5 Å². The first-order valence-corrected chi connectivity index (χ1v) is 13.9. The van der Waals surface area contributed by atoms with Gasteiger partial charge in [-0.15, -0.1) is 0 Å². The van der Waals surface area contributed by atoms with Crippen molar-refractivity contribution in [1.29, 1.82) is 0 Å². The molecule has 0 saturated heterocycles. The number of nitrogens with zero attached hydrogens (tertiary/aromatic N) is 2. The van der Waals surface area contributed by atoms with E-state index in [0.29, 0.717) is 28.2 Å². The van der Waals surface area contributed by atoms with Crippen molar-refractivity contribution in [2.24, 2.45) is 5.92 Å². The average Bonchev–Trinajstić information content (AvgIpc) is 2.85. The summed E-state index contributed by atoms with van der Waals surface area (Å²) < 4.78 is 70.9. The molecule has 0 radical (unpaired) electrons. The van der Waals surface area contributed by atoms with Crippen LogP contribution in [0.4, 0.5) is 18.9 Å². The molecule has 2 amide bonds. The molecule has 210 valence electrons. The zero-order chi connectivity index (χ0) is 28.7. The van der Waals surface area contributed by atoms with Crippen molar-refractivity contribution < 1.29 is 35.9 Å². The second-order valence-electron chi connectivity index (χ2n) is 9.25. The fourth-order valence-corrected chi connectivity index (χ4v) is 4.56. The third kappa shape index (κ3) is 8.64. The Morgan fingerprint density at radius 2 is 1.71 bits per heavy atom. The maximum Gasteiger partial charge on any atom is 0.416 e. The Hall–Kier alpha value is -3.28. The number of ether oxygens (including phenoxy) is 1. The van der Waals surface area contributed by atoms with Crippen molar-refractivity contribution in [3.63, 3.8) is 0 Å². The van der Waals surface area contributed by atoms with Crippen molar-refractivity contribution in [3.8, 4) is 5.75 Å². The Balaban J connectivity index is 2.47. The Kier molecular flexibility index (Phi) is 10.6. The van der Waals surface area contributed by atoms with Gasteiger partial charge in [0.1, 0.15) is 18.3 Å². The lowest BCUT2D eigenvalue weighted by Gasteiger charge is -2.33. The average molecular weight is 558 g/mol. The highest BCUT2D eigenvalue weighted by atomic mass is 32.2. The molecule has 0 fully saturated rings. The predicted molar refractivity (Wildman–Crippen MR) is 139 cm³/mol. The molecule has 1 N–H and O–H groups in total. The summed E-state index contributed by atoms with van der Waals surface area (Å²) in [5, 5.41) is 2.80. The molecule has 0 aliphatic carbocycles. The van der Waals surface area contributed by atoms with Crippen LogP contribution in [0.5, 0.6) is 5.75 Å². The van der Waals surface area contributed by atoms with E-state index in [1.54, 1.807) is 31.2 Å². The summed E-state index contributed by atoms with van der Waals surface area (Å²) in [6, 6.07) is 9.59. The van der Waals surface area contributed by atoms with Crippen LogP contribution in [-0.2, 0) is 32.3 Å². The second kappa shape index (κ2) is 13.0. The Morgan fingerprint density at radius 3 is 2.21 bits per heavy atom. The molecule has 0 aromatic heterocycles. The number of anilines is 1. The van der Waals surface area contributed by atoms with Gasteiger partial charge in [-0.1, -0.05) is 39.0 Å². The maximum atomic E-state index is 13.6. The minimum Gasteiger partial charge on any atom is -0.497 e. The van der Waals surface area contributed by atoms with Gasteiger partial charge in [0.2, 0.25) is 21.8 Å². The highest BCUT2D eigenvalue weighted by Gasteiger charge is 2.34. The zero-order valence-corrected chi connectivity index (χ0v) is 22.9. The summed E-state index contributed by atoms with van der Waals surface area (Å²) in [4.78, 5) is 27.9. The number of methoxy groups -OCH3 is 1. The quantitative estimate of drug-likeness (QED) is 0.425. The third-order valence-corrected chi connectivity index (χ3v) is 6.86. The van der Waals surface area contributed by atoms with E-state index < -0.39 is 46.2 Å². The highest BCUT2D eigenvalue weighted by molar-refractivity contribution is 7.92.